The molecule has 1 saturated heterocycles. The molecule has 4 nitrogen and oxygen atoms in total. The summed E-state index contributed by atoms with van der Waals surface area (Å²) in [6.07, 6.45) is 5.38. The Bertz CT molecular complexity index is 459. The molecule has 0 aromatic carbocycles. The van der Waals surface area contributed by atoms with E-state index < -0.39 is 0 Å². The molecule has 21 heavy (non-hydrogen) atoms. The van der Waals surface area contributed by atoms with Crippen LogP contribution in [0.1, 0.15) is 46.0 Å². The van der Waals surface area contributed by atoms with Gasteiger partial charge in [-0.1, -0.05) is 13.8 Å². The summed E-state index contributed by atoms with van der Waals surface area (Å²) in [6, 6.07) is 0.171. The number of fused-ring (bicyclic) bond motifs is 5. The topological polar surface area (TPSA) is 49.4 Å². The van der Waals surface area contributed by atoms with E-state index in [1.165, 1.54) is 19.3 Å². The van der Waals surface area contributed by atoms with Gasteiger partial charge in [-0.15, -0.1) is 0 Å². The van der Waals surface area contributed by atoms with E-state index in [0.29, 0.717) is 24.9 Å². The molecule has 4 rings (SSSR count). The first-order valence-electron chi connectivity index (χ1n) is 8.66. The van der Waals surface area contributed by atoms with Gasteiger partial charge in [0.15, 0.2) is 0 Å². The quantitative estimate of drug-likeness (QED) is 0.861. The lowest BCUT2D eigenvalue weighted by atomic mass is 10.0. The van der Waals surface area contributed by atoms with Crippen LogP contribution in [0.25, 0.3) is 0 Å². The molecule has 2 amide bonds. The predicted octanol–water partition coefficient (Wildman–Crippen LogP) is 1.79. The maximum atomic E-state index is 12.9. The Labute approximate surface area is 126 Å². The van der Waals surface area contributed by atoms with Gasteiger partial charge >= 0.3 is 0 Å². The van der Waals surface area contributed by atoms with Crippen LogP contribution in [0.5, 0.6) is 0 Å². The zero-order chi connectivity index (χ0) is 14.7. The molecule has 4 aliphatic rings. The lowest BCUT2D eigenvalue weighted by Crippen LogP contribution is -2.47. The minimum atomic E-state index is -0.293. The van der Waals surface area contributed by atoms with E-state index in [-0.39, 0.29) is 17.9 Å². The summed E-state index contributed by atoms with van der Waals surface area (Å²) in [6.45, 7) is 4.86. The Balaban J connectivity index is 1.52. The van der Waals surface area contributed by atoms with E-state index in [0.717, 1.165) is 30.1 Å². The lowest BCUT2D eigenvalue weighted by Gasteiger charge is -2.27. The molecular weight excluding hydrogens is 264 g/mol. The third kappa shape index (κ3) is 2.09. The number of carbonyl (C=O) groups excluding carboxylic acids is 2. The van der Waals surface area contributed by atoms with Gasteiger partial charge in [0.05, 0.1) is 0 Å². The number of amides is 2. The Morgan fingerprint density at radius 2 is 1.86 bits per heavy atom. The third-order valence-electron chi connectivity index (χ3n) is 6.26. The maximum Gasteiger partial charge on any atom is 0.245 e. The van der Waals surface area contributed by atoms with Crippen molar-refractivity contribution in [3.8, 4) is 0 Å². The molecule has 1 aliphatic heterocycles. The predicted molar refractivity (Wildman–Crippen MR) is 79.3 cm³/mol. The number of carbonyl (C=O) groups is 2. The summed E-state index contributed by atoms with van der Waals surface area (Å²) >= 11 is 0. The summed E-state index contributed by atoms with van der Waals surface area (Å²) < 4.78 is 0. The number of nitrogens with zero attached hydrogens (tertiary/aromatic N) is 1. The van der Waals surface area contributed by atoms with Crippen molar-refractivity contribution in [2.75, 3.05) is 6.54 Å². The zero-order valence-electron chi connectivity index (χ0n) is 13.0. The molecule has 0 aromatic rings. The number of nitrogens with one attached hydrogen (secondary N) is 1. The highest BCUT2D eigenvalue weighted by atomic mass is 16.2. The summed E-state index contributed by atoms with van der Waals surface area (Å²) in [5.41, 5.74) is 0. The molecule has 5 atom stereocenters. The molecular formula is C17H26N2O2. The van der Waals surface area contributed by atoms with E-state index in [9.17, 15) is 9.59 Å². The van der Waals surface area contributed by atoms with Crippen molar-refractivity contribution in [2.45, 2.75) is 58.0 Å². The molecule has 0 radical (unpaired) electrons. The van der Waals surface area contributed by atoms with Gasteiger partial charge in [0, 0.05) is 19.0 Å². The van der Waals surface area contributed by atoms with Gasteiger partial charge in [0.2, 0.25) is 11.8 Å². The smallest absolute Gasteiger partial charge is 0.245 e. The van der Waals surface area contributed by atoms with Gasteiger partial charge < -0.3 is 10.2 Å². The Morgan fingerprint density at radius 3 is 2.48 bits per heavy atom. The van der Waals surface area contributed by atoms with Crippen LogP contribution in [0.15, 0.2) is 0 Å². The minimum Gasteiger partial charge on any atom is -0.344 e. The first kappa shape index (κ1) is 13.6. The second-order valence-electron chi connectivity index (χ2n) is 8.01. The highest BCUT2D eigenvalue weighted by Gasteiger charge is 2.67. The molecule has 5 unspecified atom stereocenters. The van der Waals surface area contributed by atoms with Gasteiger partial charge in [-0.05, 0) is 55.3 Å². The van der Waals surface area contributed by atoms with Gasteiger partial charge in [-0.3, -0.25) is 9.59 Å². The highest BCUT2D eigenvalue weighted by Crippen LogP contribution is 2.67. The van der Waals surface area contributed by atoms with Gasteiger partial charge in [0.25, 0.3) is 0 Å². The maximum absolute atomic E-state index is 12.9. The van der Waals surface area contributed by atoms with E-state index >= 15 is 0 Å². The Kier molecular flexibility index (Phi) is 3.05. The second-order valence-corrected chi connectivity index (χ2v) is 8.01. The van der Waals surface area contributed by atoms with E-state index in [4.69, 9.17) is 0 Å². The van der Waals surface area contributed by atoms with Gasteiger partial charge in [0.1, 0.15) is 6.04 Å². The van der Waals surface area contributed by atoms with Crippen molar-refractivity contribution in [2.24, 2.45) is 29.6 Å². The summed E-state index contributed by atoms with van der Waals surface area (Å²) in [5, 5.41) is 2.95. The van der Waals surface area contributed by atoms with Crippen LogP contribution >= 0.6 is 0 Å². The van der Waals surface area contributed by atoms with Crippen LogP contribution in [0.3, 0.4) is 0 Å². The van der Waals surface area contributed by atoms with Crippen molar-refractivity contribution in [1.29, 1.82) is 0 Å². The monoisotopic (exact) mass is 290 g/mol. The van der Waals surface area contributed by atoms with Gasteiger partial charge in [-0.25, -0.2) is 0 Å². The number of hydrogen-bond acceptors (Lipinski definition) is 2. The van der Waals surface area contributed by atoms with Crippen molar-refractivity contribution in [3.05, 3.63) is 0 Å². The molecule has 0 aromatic heterocycles. The SMILES string of the molecule is CC(C)CC1NC(=O)CCN(C2C3C4CCC(C4)C32)C1=O. The standard InChI is InChI=1S/C17H26N2O2/c1-9(2)7-12-17(21)19(6-5-13(20)18-12)16-14-10-3-4-11(8-10)15(14)16/h9-12,14-16H,3-8H2,1-2H3,(H,18,20). The van der Waals surface area contributed by atoms with Crippen molar-refractivity contribution < 1.29 is 9.59 Å². The molecule has 1 N–H and O–H groups in total. The third-order valence-corrected chi connectivity index (χ3v) is 6.26. The molecule has 3 saturated carbocycles. The fourth-order valence-corrected chi connectivity index (χ4v) is 5.48. The van der Waals surface area contributed by atoms with Crippen molar-refractivity contribution in [3.63, 3.8) is 0 Å². The summed E-state index contributed by atoms with van der Waals surface area (Å²) in [5.74, 6) is 3.93. The minimum absolute atomic E-state index is 0.0466. The molecule has 1 heterocycles. The first-order chi connectivity index (χ1) is 10.1. The van der Waals surface area contributed by atoms with E-state index in [1.807, 2.05) is 0 Å². The Morgan fingerprint density at radius 1 is 1.19 bits per heavy atom. The largest absolute Gasteiger partial charge is 0.344 e. The molecule has 116 valence electrons. The molecule has 0 spiro atoms. The average Bonchev–Trinajstić information content (AvgIpc) is 2.89. The fraction of sp³-hybridized carbons (Fsp3) is 0.882. The summed E-state index contributed by atoms with van der Waals surface area (Å²) in [7, 11) is 0. The zero-order valence-corrected chi connectivity index (χ0v) is 13.0. The lowest BCUT2D eigenvalue weighted by molar-refractivity contribution is -0.135. The van der Waals surface area contributed by atoms with Crippen LogP contribution in [0, 0.1) is 29.6 Å². The van der Waals surface area contributed by atoms with Crippen LogP contribution < -0.4 is 5.32 Å². The van der Waals surface area contributed by atoms with Crippen LogP contribution in [0.4, 0.5) is 0 Å². The molecule has 4 heteroatoms. The highest BCUT2D eigenvalue weighted by molar-refractivity contribution is 5.90. The number of hydrogen-bond donors (Lipinski definition) is 1. The van der Waals surface area contributed by atoms with Crippen molar-refractivity contribution >= 4 is 11.8 Å². The normalized spacial score (nSPS) is 44.8. The van der Waals surface area contributed by atoms with Crippen LogP contribution in [-0.2, 0) is 9.59 Å². The van der Waals surface area contributed by atoms with E-state index in [2.05, 4.69) is 24.1 Å². The van der Waals surface area contributed by atoms with Crippen molar-refractivity contribution in [1.82, 2.24) is 10.2 Å². The summed E-state index contributed by atoms with van der Waals surface area (Å²) in [4.78, 5) is 26.9. The van der Waals surface area contributed by atoms with Crippen LogP contribution in [0.2, 0.25) is 0 Å². The van der Waals surface area contributed by atoms with E-state index in [1.54, 1.807) is 0 Å². The molecule has 3 aliphatic carbocycles. The van der Waals surface area contributed by atoms with Crippen LogP contribution in [-0.4, -0.2) is 35.3 Å². The molecule has 4 fully saturated rings. The molecule has 2 bridgehead atoms. The second kappa shape index (κ2) is 4.72. The first-order valence-corrected chi connectivity index (χ1v) is 8.66. The average molecular weight is 290 g/mol. The Hall–Kier alpha value is -1.06. The van der Waals surface area contributed by atoms with Gasteiger partial charge in [-0.2, -0.15) is 0 Å². The fourth-order valence-electron chi connectivity index (χ4n) is 5.48. The number of rotatable bonds is 3.